The predicted molar refractivity (Wildman–Crippen MR) is 99.5 cm³/mol. The van der Waals surface area contributed by atoms with Crippen molar-refractivity contribution in [3.8, 4) is 0 Å². The molecule has 1 amide bonds. The summed E-state index contributed by atoms with van der Waals surface area (Å²) in [6.07, 6.45) is 2.43. The summed E-state index contributed by atoms with van der Waals surface area (Å²) >= 11 is 0. The molecule has 1 aliphatic heterocycles. The van der Waals surface area contributed by atoms with Crippen molar-refractivity contribution in [2.45, 2.75) is 39.0 Å². The molecule has 2 aromatic rings. The van der Waals surface area contributed by atoms with Gasteiger partial charge in [-0.05, 0) is 42.0 Å². The molecule has 2 aliphatic rings. The molecule has 0 saturated heterocycles. The molecule has 0 bridgehead atoms. The summed E-state index contributed by atoms with van der Waals surface area (Å²) in [5.41, 5.74) is 4.26. The molecular formula is C21H24N2O2. The summed E-state index contributed by atoms with van der Waals surface area (Å²) in [7, 11) is 0. The Balaban J connectivity index is 1.69. The van der Waals surface area contributed by atoms with Crippen LogP contribution in [0.25, 0.3) is 0 Å². The molecule has 130 valence electrons. The molecule has 1 saturated carbocycles. The maximum atomic E-state index is 12.3. The second-order valence-electron chi connectivity index (χ2n) is 7.14. The maximum Gasteiger partial charge on any atom is 0.224 e. The highest BCUT2D eigenvalue weighted by Gasteiger charge is 2.42. The lowest BCUT2D eigenvalue weighted by molar-refractivity contribution is -0.117. The largest absolute Gasteiger partial charge is 0.392 e. The number of rotatable bonds is 4. The normalized spacial score (nSPS) is 19.7. The second-order valence-corrected chi connectivity index (χ2v) is 7.14. The molecule has 4 nitrogen and oxygen atoms in total. The van der Waals surface area contributed by atoms with Crippen molar-refractivity contribution >= 4 is 17.3 Å². The Labute approximate surface area is 148 Å². The molecule has 1 heterocycles. The number of hydrogen-bond donors (Lipinski definition) is 1. The Hall–Kier alpha value is -2.33. The van der Waals surface area contributed by atoms with E-state index in [1.807, 2.05) is 29.2 Å². The van der Waals surface area contributed by atoms with Crippen LogP contribution in [0.5, 0.6) is 0 Å². The van der Waals surface area contributed by atoms with Gasteiger partial charge in [0, 0.05) is 20.0 Å². The van der Waals surface area contributed by atoms with Gasteiger partial charge in [0.1, 0.15) is 0 Å². The molecule has 2 aromatic carbocycles. The second kappa shape index (κ2) is 6.52. The first-order valence-electron chi connectivity index (χ1n) is 9.00. The standard InChI is InChI=1S/C21H24N2O2/c1-15(25)23-20-8-3-2-7-19(20)22(13-21(23)18-9-10-18)12-16-5-4-6-17(11-16)14-24/h2-8,11,18,21,24H,9-10,12-14H2,1H3. The number of benzene rings is 2. The van der Waals surface area contributed by atoms with Crippen LogP contribution in [0.1, 0.15) is 30.9 Å². The minimum absolute atomic E-state index is 0.0627. The number of aliphatic hydroxyl groups is 1. The summed E-state index contributed by atoms with van der Waals surface area (Å²) in [6, 6.07) is 16.6. The quantitative estimate of drug-likeness (QED) is 0.931. The van der Waals surface area contributed by atoms with Crippen molar-refractivity contribution in [1.29, 1.82) is 0 Å². The SMILES string of the molecule is CC(=O)N1c2ccccc2N(Cc2cccc(CO)c2)CC1C1CC1. The molecule has 1 N–H and O–H groups in total. The molecule has 0 aromatic heterocycles. The molecular weight excluding hydrogens is 312 g/mol. The molecule has 1 fully saturated rings. The molecule has 1 unspecified atom stereocenters. The van der Waals surface area contributed by atoms with Gasteiger partial charge >= 0.3 is 0 Å². The summed E-state index contributed by atoms with van der Waals surface area (Å²) in [5.74, 6) is 0.745. The zero-order valence-corrected chi connectivity index (χ0v) is 14.6. The van der Waals surface area contributed by atoms with Gasteiger partial charge in [-0.1, -0.05) is 36.4 Å². The van der Waals surface area contributed by atoms with Crippen LogP contribution >= 0.6 is 0 Å². The highest BCUT2D eigenvalue weighted by Crippen LogP contribution is 2.44. The lowest BCUT2D eigenvalue weighted by atomic mass is 10.0. The molecule has 1 atom stereocenters. The maximum absolute atomic E-state index is 12.3. The number of para-hydroxylation sites is 2. The molecule has 4 rings (SSSR count). The van der Waals surface area contributed by atoms with Gasteiger partial charge in [0.2, 0.25) is 5.91 Å². The Morgan fingerprint density at radius 2 is 1.80 bits per heavy atom. The van der Waals surface area contributed by atoms with Gasteiger partial charge in [-0.2, -0.15) is 0 Å². The van der Waals surface area contributed by atoms with Gasteiger partial charge in [-0.3, -0.25) is 4.79 Å². The van der Waals surface area contributed by atoms with Crippen LogP contribution in [0, 0.1) is 5.92 Å². The fourth-order valence-electron chi connectivity index (χ4n) is 3.96. The Morgan fingerprint density at radius 3 is 2.48 bits per heavy atom. The first kappa shape index (κ1) is 16.2. The van der Waals surface area contributed by atoms with Gasteiger partial charge in [-0.15, -0.1) is 0 Å². The van der Waals surface area contributed by atoms with Crippen LogP contribution in [0.3, 0.4) is 0 Å². The lowest BCUT2D eigenvalue weighted by Gasteiger charge is -2.43. The van der Waals surface area contributed by atoms with Crippen molar-refractivity contribution in [3.05, 3.63) is 59.7 Å². The summed E-state index contributed by atoms with van der Waals surface area (Å²) in [6.45, 7) is 3.39. The number of amides is 1. The molecule has 25 heavy (non-hydrogen) atoms. The zero-order chi connectivity index (χ0) is 17.4. The number of aliphatic hydroxyl groups excluding tert-OH is 1. The Bertz CT molecular complexity index is 785. The zero-order valence-electron chi connectivity index (χ0n) is 14.6. The topological polar surface area (TPSA) is 43.8 Å². The first-order valence-corrected chi connectivity index (χ1v) is 9.00. The van der Waals surface area contributed by atoms with E-state index in [4.69, 9.17) is 0 Å². The summed E-state index contributed by atoms with van der Waals surface area (Å²) < 4.78 is 0. The minimum Gasteiger partial charge on any atom is -0.392 e. The third-order valence-electron chi connectivity index (χ3n) is 5.27. The lowest BCUT2D eigenvalue weighted by Crippen LogP contribution is -2.52. The van der Waals surface area contributed by atoms with E-state index in [1.165, 1.54) is 18.4 Å². The summed E-state index contributed by atoms with van der Waals surface area (Å²) in [5, 5.41) is 9.39. The molecule has 1 aliphatic carbocycles. The van der Waals surface area contributed by atoms with Gasteiger partial charge < -0.3 is 14.9 Å². The first-order chi connectivity index (χ1) is 12.2. The highest BCUT2D eigenvalue weighted by atomic mass is 16.3. The van der Waals surface area contributed by atoms with E-state index in [2.05, 4.69) is 29.2 Å². The van der Waals surface area contributed by atoms with Gasteiger partial charge in [0.05, 0.1) is 24.0 Å². The fourth-order valence-corrected chi connectivity index (χ4v) is 3.96. The smallest absolute Gasteiger partial charge is 0.224 e. The molecule has 0 radical (unpaired) electrons. The average molecular weight is 336 g/mol. The van der Waals surface area contributed by atoms with Crippen molar-refractivity contribution in [2.75, 3.05) is 16.3 Å². The van der Waals surface area contributed by atoms with E-state index in [1.54, 1.807) is 6.92 Å². The molecule has 4 heteroatoms. The van der Waals surface area contributed by atoms with E-state index in [-0.39, 0.29) is 18.6 Å². The number of fused-ring (bicyclic) bond motifs is 1. The van der Waals surface area contributed by atoms with Crippen LogP contribution in [0.4, 0.5) is 11.4 Å². The van der Waals surface area contributed by atoms with E-state index >= 15 is 0 Å². The van der Waals surface area contributed by atoms with Crippen LogP contribution in [0.2, 0.25) is 0 Å². The van der Waals surface area contributed by atoms with E-state index < -0.39 is 0 Å². The number of nitrogens with zero attached hydrogens (tertiary/aromatic N) is 2. The van der Waals surface area contributed by atoms with Crippen molar-refractivity contribution in [1.82, 2.24) is 0 Å². The van der Waals surface area contributed by atoms with Crippen molar-refractivity contribution < 1.29 is 9.90 Å². The third-order valence-corrected chi connectivity index (χ3v) is 5.27. The van der Waals surface area contributed by atoms with Crippen LogP contribution in [-0.4, -0.2) is 23.6 Å². The monoisotopic (exact) mass is 336 g/mol. The fraction of sp³-hybridized carbons (Fsp3) is 0.381. The highest BCUT2D eigenvalue weighted by molar-refractivity contribution is 5.97. The van der Waals surface area contributed by atoms with Crippen LogP contribution < -0.4 is 9.80 Å². The Morgan fingerprint density at radius 1 is 1.08 bits per heavy atom. The number of anilines is 2. The minimum atomic E-state index is 0.0627. The average Bonchev–Trinajstić information content (AvgIpc) is 3.46. The van der Waals surface area contributed by atoms with E-state index in [0.29, 0.717) is 5.92 Å². The van der Waals surface area contributed by atoms with Crippen molar-refractivity contribution in [3.63, 3.8) is 0 Å². The van der Waals surface area contributed by atoms with Gasteiger partial charge in [-0.25, -0.2) is 0 Å². The van der Waals surface area contributed by atoms with Gasteiger partial charge in [0.25, 0.3) is 0 Å². The van der Waals surface area contributed by atoms with Crippen LogP contribution in [0.15, 0.2) is 48.5 Å². The number of carbonyl (C=O) groups excluding carboxylic acids is 1. The third kappa shape index (κ3) is 3.14. The van der Waals surface area contributed by atoms with E-state index in [9.17, 15) is 9.90 Å². The predicted octanol–water partition coefficient (Wildman–Crippen LogP) is 3.33. The van der Waals surface area contributed by atoms with Crippen molar-refractivity contribution in [2.24, 2.45) is 5.92 Å². The van der Waals surface area contributed by atoms with Crippen LogP contribution in [-0.2, 0) is 17.9 Å². The molecule has 0 spiro atoms. The van der Waals surface area contributed by atoms with Gasteiger partial charge in [0.15, 0.2) is 0 Å². The van der Waals surface area contributed by atoms with E-state index in [0.717, 1.165) is 30.0 Å². The Kier molecular flexibility index (Phi) is 4.22. The summed E-state index contributed by atoms with van der Waals surface area (Å²) in [4.78, 5) is 16.7. The number of carbonyl (C=O) groups is 1. The number of hydrogen-bond acceptors (Lipinski definition) is 3.